The van der Waals surface area contributed by atoms with E-state index in [-0.39, 0.29) is 45.5 Å². The number of aromatic nitrogens is 3. The number of aromatic amines is 1. The summed E-state index contributed by atoms with van der Waals surface area (Å²) >= 11 is 0. The third-order valence-corrected chi connectivity index (χ3v) is 5.90. The van der Waals surface area contributed by atoms with Gasteiger partial charge >= 0.3 is 17.8 Å². The number of carbonyl (C=O) groups is 1. The number of hydrogen-bond acceptors (Lipinski definition) is 9. The lowest BCUT2D eigenvalue weighted by Gasteiger charge is -2.21. The minimum absolute atomic E-state index is 0.0289. The first kappa shape index (κ1) is 29.4. The summed E-state index contributed by atoms with van der Waals surface area (Å²) in [6.07, 6.45) is -5.34. The molecule has 3 aromatic carbocycles. The molecule has 4 aromatic rings. The van der Waals surface area contributed by atoms with Crippen LogP contribution in [-0.2, 0) is 4.79 Å². The molecule has 0 bridgehead atoms. The van der Waals surface area contributed by atoms with Gasteiger partial charge in [0.15, 0.2) is 17.3 Å². The van der Waals surface area contributed by atoms with Gasteiger partial charge in [0.25, 0.3) is 0 Å². The number of para-hydroxylation sites is 2. The summed E-state index contributed by atoms with van der Waals surface area (Å²) in [7, 11) is 2.62. The van der Waals surface area contributed by atoms with E-state index in [0.717, 1.165) is 22.9 Å². The molecular weight excluding hydrogens is 566 g/mol. The van der Waals surface area contributed by atoms with Crippen molar-refractivity contribution in [2.24, 2.45) is 5.73 Å². The van der Waals surface area contributed by atoms with E-state index in [1.807, 2.05) is 0 Å². The summed E-state index contributed by atoms with van der Waals surface area (Å²) in [5.41, 5.74) is 10.7. The first-order chi connectivity index (χ1) is 19.8. The number of nitrogen functional groups attached to an aromatic ring is 2. The highest BCUT2D eigenvalue weighted by Gasteiger charge is 2.42. The van der Waals surface area contributed by atoms with Gasteiger partial charge in [0.2, 0.25) is 0 Å². The van der Waals surface area contributed by atoms with E-state index in [1.54, 1.807) is 18.2 Å². The van der Waals surface area contributed by atoms with E-state index in [4.69, 9.17) is 26.4 Å². The summed E-state index contributed by atoms with van der Waals surface area (Å²) in [4.78, 5) is 27.0. The highest BCUT2D eigenvalue weighted by atomic mass is 19.4. The van der Waals surface area contributed by atoms with Gasteiger partial charge < -0.3 is 31.0 Å². The molecule has 0 amide bonds. The molecule has 1 aromatic heterocycles. The molecule has 12 nitrogen and oxygen atoms in total. The maximum atomic E-state index is 15.5. The molecule has 0 fully saturated rings. The smallest absolute Gasteiger partial charge is 0.491 e. The van der Waals surface area contributed by atoms with Gasteiger partial charge in [0, 0.05) is 23.4 Å². The number of esters is 1. The van der Waals surface area contributed by atoms with Crippen molar-refractivity contribution >= 4 is 23.2 Å². The SMILES string of the molecule is COc1cc(F)c(C(Nc2ccc(C(=N)N)c(OC(=O)C(F)(F)F)c2)c2nn(-c3ccccc3N)c(=O)[nH]2)cc1OC. The lowest BCUT2D eigenvalue weighted by molar-refractivity contribution is -0.189. The Kier molecular flexibility index (Phi) is 8.08. The van der Waals surface area contributed by atoms with Crippen molar-refractivity contribution in [3.63, 3.8) is 0 Å². The zero-order valence-corrected chi connectivity index (χ0v) is 21.9. The molecule has 0 aliphatic carbocycles. The summed E-state index contributed by atoms with van der Waals surface area (Å²) in [5, 5.41) is 14.8. The van der Waals surface area contributed by atoms with Crippen molar-refractivity contribution in [2.75, 3.05) is 25.3 Å². The van der Waals surface area contributed by atoms with Crippen LogP contribution in [0.4, 0.5) is 28.9 Å². The van der Waals surface area contributed by atoms with Crippen LogP contribution in [0.15, 0.2) is 59.4 Å². The number of rotatable bonds is 9. The van der Waals surface area contributed by atoms with E-state index in [1.165, 1.54) is 32.4 Å². The molecule has 1 atom stereocenters. The van der Waals surface area contributed by atoms with Gasteiger partial charge in [0.05, 0.1) is 31.2 Å². The monoisotopic (exact) mass is 589 g/mol. The second-order valence-corrected chi connectivity index (χ2v) is 8.60. The van der Waals surface area contributed by atoms with E-state index in [0.29, 0.717) is 0 Å². The van der Waals surface area contributed by atoms with Gasteiger partial charge in [-0.15, -0.1) is 5.10 Å². The Morgan fingerprint density at radius 2 is 1.74 bits per heavy atom. The molecule has 0 spiro atoms. The van der Waals surface area contributed by atoms with Gasteiger partial charge in [-0.2, -0.15) is 17.9 Å². The predicted molar refractivity (Wildman–Crippen MR) is 143 cm³/mol. The number of nitrogens with one attached hydrogen (secondary N) is 3. The molecule has 0 aliphatic rings. The maximum Gasteiger partial charge on any atom is 0.491 e. The number of halogens is 4. The normalized spacial score (nSPS) is 12.0. The van der Waals surface area contributed by atoms with E-state index in [9.17, 15) is 22.8 Å². The number of ether oxygens (including phenoxy) is 3. The Balaban J connectivity index is 1.87. The van der Waals surface area contributed by atoms with Crippen molar-refractivity contribution < 1.29 is 36.6 Å². The zero-order chi connectivity index (χ0) is 30.8. The fourth-order valence-corrected chi connectivity index (χ4v) is 3.94. The fourth-order valence-electron chi connectivity index (χ4n) is 3.94. The maximum absolute atomic E-state index is 15.5. The highest BCUT2D eigenvalue weighted by molar-refractivity contribution is 5.99. The first-order valence-corrected chi connectivity index (χ1v) is 11.8. The molecule has 0 radical (unpaired) electrons. The third-order valence-electron chi connectivity index (χ3n) is 5.90. The Morgan fingerprint density at radius 3 is 2.36 bits per heavy atom. The molecule has 16 heteroatoms. The summed E-state index contributed by atoms with van der Waals surface area (Å²) in [5.74, 6) is -4.73. The first-order valence-electron chi connectivity index (χ1n) is 11.8. The van der Waals surface area contributed by atoms with Gasteiger partial charge in [0.1, 0.15) is 23.4 Å². The molecule has 0 aliphatic heterocycles. The molecular formula is C26H23F4N7O5. The second kappa shape index (κ2) is 11.5. The minimum Gasteiger partial charge on any atom is -0.493 e. The van der Waals surface area contributed by atoms with Crippen LogP contribution in [-0.4, -0.2) is 47.0 Å². The Bertz CT molecular complexity index is 1720. The zero-order valence-electron chi connectivity index (χ0n) is 21.9. The summed E-state index contributed by atoms with van der Waals surface area (Å²) < 4.78 is 70.1. The van der Waals surface area contributed by atoms with E-state index < -0.39 is 41.3 Å². The average molecular weight is 590 g/mol. The van der Waals surface area contributed by atoms with Crippen molar-refractivity contribution in [3.05, 3.63) is 87.9 Å². The van der Waals surface area contributed by atoms with Gasteiger partial charge in [-0.25, -0.2) is 14.0 Å². The number of benzene rings is 3. The molecule has 7 N–H and O–H groups in total. The van der Waals surface area contributed by atoms with Gasteiger partial charge in [-0.05, 0) is 30.3 Å². The average Bonchev–Trinajstić information content (AvgIpc) is 3.32. The number of amidine groups is 1. The van der Waals surface area contributed by atoms with Gasteiger partial charge in [-0.3, -0.25) is 10.4 Å². The number of anilines is 2. The van der Waals surface area contributed by atoms with Crippen LogP contribution in [0.25, 0.3) is 5.69 Å². The number of nitrogens with zero attached hydrogens (tertiary/aromatic N) is 2. The van der Waals surface area contributed by atoms with Crippen LogP contribution >= 0.6 is 0 Å². The summed E-state index contributed by atoms with van der Waals surface area (Å²) in [6, 6.07) is 10.7. The van der Waals surface area contributed by atoms with E-state index >= 15 is 4.39 Å². The molecule has 42 heavy (non-hydrogen) atoms. The minimum atomic E-state index is -5.34. The van der Waals surface area contributed by atoms with Crippen LogP contribution in [0.1, 0.15) is 23.0 Å². The van der Waals surface area contributed by atoms with Gasteiger partial charge in [-0.1, -0.05) is 12.1 Å². The molecule has 1 heterocycles. The Labute approximate surface area is 234 Å². The lowest BCUT2D eigenvalue weighted by atomic mass is 10.0. The number of hydrogen-bond donors (Lipinski definition) is 5. The molecule has 1 unspecified atom stereocenters. The Morgan fingerprint density at radius 1 is 1.07 bits per heavy atom. The van der Waals surface area contributed by atoms with E-state index in [2.05, 4.69) is 20.1 Å². The molecule has 0 saturated heterocycles. The number of H-pyrrole nitrogens is 1. The lowest BCUT2D eigenvalue weighted by Crippen LogP contribution is -2.29. The highest BCUT2D eigenvalue weighted by Crippen LogP contribution is 2.36. The number of methoxy groups -OCH3 is 2. The molecule has 220 valence electrons. The number of carbonyl (C=O) groups excluding carboxylic acids is 1. The van der Waals surface area contributed by atoms with Crippen LogP contribution in [0.5, 0.6) is 17.2 Å². The van der Waals surface area contributed by atoms with Crippen LogP contribution in [0, 0.1) is 11.2 Å². The number of nitrogens with two attached hydrogens (primary N) is 2. The predicted octanol–water partition coefficient (Wildman–Crippen LogP) is 3.25. The molecule has 4 rings (SSSR count). The van der Waals surface area contributed by atoms with Crippen molar-refractivity contribution in [1.29, 1.82) is 5.41 Å². The van der Waals surface area contributed by atoms with Crippen molar-refractivity contribution in [1.82, 2.24) is 14.8 Å². The van der Waals surface area contributed by atoms with Crippen molar-refractivity contribution in [3.8, 4) is 22.9 Å². The summed E-state index contributed by atoms with van der Waals surface area (Å²) in [6.45, 7) is 0. The third kappa shape index (κ3) is 5.96. The largest absolute Gasteiger partial charge is 0.493 e. The van der Waals surface area contributed by atoms with Crippen LogP contribution < -0.4 is 36.7 Å². The van der Waals surface area contributed by atoms with Crippen LogP contribution in [0.2, 0.25) is 0 Å². The fraction of sp³-hybridized carbons (Fsp3) is 0.154. The van der Waals surface area contributed by atoms with Crippen LogP contribution in [0.3, 0.4) is 0 Å². The second-order valence-electron chi connectivity index (χ2n) is 8.60. The molecule has 0 saturated carbocycles. The number of alkyl halides is 3. The standard InChI is InChI=1S/C26H23F4N7O5/c1-40-19-10-14(15(27)11-20(19)41-2)21(23-35-25(39)37(36-23)17-6-4-3-5-16(17)31)34-12-7-8-13(22(32)33)18(9-12)42-24(38)26(28,29)30/h3-11,21,34H,31H2,1-2H3,(H3,32,33)(H,35,36,39). The quantitative estimate of drug-likeness (QED) is 0.0488. The van der Waals surface area contributed by atoms with Crippen molar-refractivity contribution in [2.45, 2.75) is 12.2 Å². The Hall–Kier alpha value is -5.54. The topological polar surface area (TPSA) is 183 Å².